The van der Waals surface area contributed by atoms with Crippen LogP contribution in [-0.2, 0) is 24.2 Å². The number of carbonyl (C=O) groups excluding carboxylic acids is 1. The van der Waals surface area contributed by atoms with E-state index < -0.39 is 0 Å². The lowest BCUT2D eigenvalue weighted by Crippen LogP contribution is -2.27. The molecule has 1 aliphatic rings. The van der Waals surface area contributed by atoms with Crippen molar-refractivity contribution in [3.8, 4) is 11.5 Å². The van der Waals surface area contributed by atoms with Gasteiger partial charge in [-0.3, -0.25) is 14.2 Å². The number of carbonyl (C=O) groups is 1. The number of rotatable bonds is 4. The number of hydrogen-bond acceptors (Lipinski definition) is 3. The van der Waals surface area contributed by atoms with Crippen LogP contribution in [0.2, 0.25) is 0 Å². The van der Waals surface area contributed by atoms with E-state index >= 15 is 0 Å². The maximum absolute atomic E-state index is 13.3. The van der Waals surface area contributed by atoms with Crippen LogP contribution < -0.4 is 10.9 Å². The van der Waals surface area contributed by atoms with Gasteiger partial charge in [0.05, 0.1) is 16.6 Å². The van der Waals surface area contributed by atoms with Crippen LogP contribution in [0.3, 0.4) is 0 Å². The molecule has 0 spiro atoms. The van der Waals surface area contributed by atoms with Gasteiger partial charge in [0.15, 0.2) is 5.82 Å². The van der Waals surface area contributed by atoms with Crippen LogP contribution in [0.4, 0.5) is 5.69 Å². The first-order chi connectivity index (χ1) is 16.2. The average Bonchev–Trinajstić information content (AvgIpc) is 3.23. The second-order valence-corrected chi connectivity index (χ2v) is 8.43. The van der Waals surface area contributed by atoms with E-state index in [1.165, 1.54) is 10.9 Å². The second kappa shape index (κ2) is 7.74. The summed E-state index contributed by atoms with van der Waals surface area (Å²) in [5, 5.41) is 4.62. The van der Waals surface area contributed by atoms with Gasteiger partial charge in [-0.25, -0.2) is 4.98 Å². The zero-order valence-electron chi connectivity index (χ0n) is 18.0. The van der Waals surface area contributed by atoms with Gasteiger partial charge in [0.2, 0.25) is 5.91 Å². The minimum atomic E-state index is -0.0836. The summed E-state index contributed by atoms with van der Waals surface area (Å²) in [5.41, 5.74) is 5.45. The zero-order chi connectivity index (χ0) is 22.4. The van der Waals surface area contributed by atoms with Crippen molar-refractivity contribution in [2.45, 2.75) is 25.8 Å². The Morgan fingerprint density at radius 3 is 2.70 bits per heavy atom. The van der Waals surface area contributed by atoms with Crippen LogP contribution in [0.25, 0.3) is 33.3 Å². The molecule has 3 aromatic carbocycles. The van der Waals surface area contributed by atoms with E-state index in [0.717, 1.165) is 23.2 Å². The maximum Gasteiger partial charge on any atom is 0.261 e. The second-order valence-electron chi connectivity index (χ2n) is 8.43. The lowest BCUT2D eigenvalue weighted by atomic mass is 10.0. The topological polar surface area (TPSA) is 79.8 Å². The Bertz CT molecular complexity index is 1580. The zero-order valence-corrected chi connectivity index (χ0v) is 18.0. The van der Waals surface area contributed by atoms with E-state index in [0.29, 0.717) is 41.8 Å². The summed E-state index contributed by atoms with van der Waals surface area (Å²) in [5.74, 6) is 0.594. The Balaban J connectivity index is 1.32. The number of benzene rings is 3. The van der Waals surface area contributed by atoms with Crippen molar-refractivity contribution >= 4 is 33.4 Å². The summed E-state index contributed by atoms with van der Waals surface area (Å²) in [7, 11) is 0. The molecular weight excluding hydrogens is 412 g/mol. The van der Waals surface area contributed by atoms with E-state index in [2.05, 4.69) is 16.4 Å². The molecule has 0 fully saturated rings. The number of anilines is 1. The Kier molecular flexibility index (Phi) is 4.57. The quantitative estimate of drug-likeness (QED) is 0.431. The van der Waals surface area contributed by atoms with Crippen molar-refractivity contribution in [3.63, 3.8) is 0 Å². The van der Waals surface area contributed by atoms with Gasteiger partial charge in [-0.15, -0.1) is 0 Å². The molecular formula is C27H22N4O2. The van der Waals surface area contributed by atoms with E-state index in [9.17, 15) is 9.59 Å². The number of H-pyrrole nitrogens is 1. The molecule has 2 N–H and O–H groups in total. The highest BCUT2D eigenvalue weighted by Crippen LogP contribution is 2.33. The van der Waals surface area contributed by atoms with Crippen molar-refractivity contribution < 1.29 is 4.79 Å². The monoisotopic (exact) mass is 434 g/mol. The van der Waals surface area contributed by atoms with E-state index in [1.54, 1.807) is 22.8 Å². The molecule has 0 bridgehead atoms. The molecule has 162 valence electrons. The van der Waals surface area contributed by atoms with Crippen LogP contribution in [0.5, 0.6) is 0 Å². The van der Waals surface area contributed by atoms with E-state index in [-0.39, 0.29) is 11.5 Å². The number of amides is 1. The molecule has 0 unspecified atom stereocenters. The van der Waals surface area contributed by atoms with Crippen LogP contribution >= 0.6 is 0 Å². The van der Waals surface area contributed by atoms with Crippen molar-refractivity contribution in [2.24, 2.45) is 0 Å². The number of hydrogen-bond donors (Lipinski definition) is 2. The first kappa shape index (κ1) is 19.5. The molecule has 0 atom stereocenters. The Morgan fingerprint density at radius 2 is 1.82 bits per heavy atom. The number of aromatic nitrogens is 3. The summed E-state index contributed by atoms with van der Waals surface area (Å²) >= 11 is 0. The standard InChI is InChI=1S/C27H22N4O2/c32-24(13-10-17-6-2-1-3-7-17)28-18-11-12-23-21(16-18)27(33)31-15-14-20-19-8-4-5-9-22(19)29-25(20)26(31)30-23/h1-9,11-12,16,29H,10,13-15H2,(H,28,32). The summed E-state index contributed by atoms with van der Waals surface area (Å²) in [6, 6.07) is 23.4. The average molecular weight is 434 g/mol. The van der Waals surface area contributed by atoms with E-state index in [1.807, 2.05) is 48.5 Å². The highest BCUT2D eigenvalue weighted by atomic mass is 16.1. The van der Waals surface area contributed by atoms with E-state index in [4.69, 9.17) is 4.98 Å². The number of para-hydroxylation sites is 1. The van der Waals surface area contributed by atoms with Gasteiger partial charge >= 0.3 is 0 Å². The first-order valence-electron chi connectivity index (χ1n) is 11.2. The molecule has 1 amide bonds. The van der Waals surface area contributed by atoms with Gasteiger partial charge in [-0.2, -0.15) is 0 Å². The first-order valence-corrected chi connectivity index (χ1v) is 11.2. The number of nitrogens with zero attached hydrogens (tertiary/aromatic N) is 2. The Labute approximate surface area is 189 Å². The number of fused-ring (bicyclic) bond motifs is 6. The van der Waals surface area contributed by atoms with Crippen molar-refractivity contribution in [2.75, 3.05) is 5.32 Å². The third-order valence-electron chi connectivity index (χ3n) is 6.34. The predicted molar refractivity (Wildman–Crippen MR) is 130 cm³/mol. The number of aromatic amines is 1. The van der Waals surface area contributed by atoms with Gasteiger partial charge in [0.1, 0.15) is 0 Å². The van der Waals surface area contributed by atoms with Gasteiger partial charge in [0, 0.05) is 29.6 Å². The largest absolute Gasteiger partial charge is 0.352 e. The summed E-state index contributed by atoms with van der Waals surface area (Å²) < 4.78 is 1.74. The van der Waals surface area contributed by atoms with Crippen molar-refractivity contribution in [1.82, 2.24) is 14.5 Å². The van der Waals surface area contributed by atoms with Gasteiger partial charge in [-0.05, 0) is 48.2 Å². The van der Waals surface area contributed by atoms with Crippen LogP contribution in [-0.4, -0.2) is 20.4 Å². The fourth-order valence-corrected chi connectivity index (χ4v) is 4.70. The molecule has 0 aliphatic carbocycles. The Hall–Kier alpha value is -4.19. The smallest absolute Gasteiger partial charge is 0.261 e. The molecule has 0 radical (unpaired) electrons. The van der Waals surface area contributed by atoms with Crippen molar-refractivity contribution in [3.05, 3.63) is 94.3 Å². The normalized spacial score (nSPS) is 12.5. The molecule has 3 heterocycles. The summed E-state index contributed by atoms with van der Waals surface area (Å²) in [6.07, 6.45) is 1.83. The van der Waals surface area contributed by atoms with Gasteiger partial charge in [-0.1, -0.05) is 48.5 Å². The highest BCUT2D eigenvalue weighted by molar-refractivity contribution is 5.94. The molecule has 0 saturated heterocycles. The number of nitrogens with one attached hydrogen (secondary N) is 2. The molecule has 5 aromatic rings. The molecule has 6 nitrogen and oxygen atoms in total. The molecule has 6 rings (SSSR count). The molecule has 0 saturated carbocycles. The minimum absolute atomic E-state index is 0.0769. The lowest BCUT2D eigenvalue weighted by Gasteiger charge is -2.19. The summed E-state index contributed by atoms with van der Waals surface area (Å²) in [4.78, 5) is 34.1. The third-order valence-corrected chi connectivity index (χ3v) is 6.34. The van der Waals surface area contributed by atoms with Crippen LogP contribution in [0.1, 0.15) is 17.5 Å². The predicted octanol–water partition coefficient (Wildman–Crippen LogP) is 4.67. The fourth-order valence-electron chi connectivity index (χ4n) is 4.70. The summed E-state index contributed by atoms with van der Waals surface area (Å²) in [6.45, 7) is 0.583. The van der Waals surface area contributed by atoms with Gasteiger partial charge < -0.3 is 10.3 Å². The van der Waals surface area contributed by atoms with Crippen LogP contribution in [0.15, 0.2) is 77.6 Å². The Morgan fingerprint density at radius 1 is 1.00 bits per heavy atom. The highest BCUT2D eigenvalue weighted by Gasteiger charge is 2.24. The minimum Gasteiger partial charge on any atom is -0.352 e. The molecule has 1 aliphatic heterocycles. The lowest BCUT2D eigenvalue weighted by molar-refractivity contribution is -0.116. The molecule has 2 aromatic heterocycles. The maximum atomic E-state index is 13.3. The SMILES string of the molecule is O=C(CCc1ccccc1)Nc1ccc2nc3n(c(=O)c2c1)CCc1c-3[nH]c2ccccc12. The number of aryl methyl sites for hydroxylation is 2. The molecule has 33 heavy (non-hydrogen) atoms. The van der Waals surface area contributed by atoms with Gasteiger partial charge in [0.25, 0.3) is 5.56 Å². The van der Waals surface area contributed by atoms with Crippen molar-refractivity contribution in [1.29, 1.82) is 0 Å². The third kappa shape index (κ3) is 3.40. The fraction of sp³-hybridized carbons (Fsp3) is 0.148. The van der Waals surface area contributed by atoms with Crippen LogP contribution in [0, 0.1) is 0 Å². The molecule has 6 heteroatoms.